The lowest BCUT2D eigenvalue weighted by Gasteiger charge is -2.17. The van der Waals surface area contributed by atoms with Gasteiger partial charge in [-0.1, -0.05) is 20.8 Å². The molecule has 0 aliphatic carbocycles. The smallest absolute Gasteiger partial charge is 0.274 e. The molecule has 12 heavy (non-hydrogen) atoms. The van der Waals surface area contributed by atoms with Crippen LogP contribution in [0.5, 0.6) is 0 Å². The minimum absolute atomic E-state index is 0.0398. The third kappa shape index (κ3) is 3.92. The molecule has 0 aromatic carbocycles. The first-order valence-electron chi connectivity index (χ1n) is 3.69. The highest BCUT2D eigenvalue weighted by Gasteiger charge is 2.14. The first kappa shape index (κ1) is 10.9. The van der Waals surface area contributed by atoms with Crippen LogP contribution >= 0.6 is 0 Å². The largest absolute Gasteiger partial charge is 0.349 e. The highest BCUT2D eigenvalue weighted by molar-refractivity contribution is 5.88. The fourth-order valence-electron chi connectivity index (χ4n) is 0.335. The first-order chi connectivity index (χ1) is 5.38. The first-order valence-corrected chi connectivity index (χ1v) is 3.69. The topological polar surface area (TPSA) is 79.5 Å². The fraction of sp³-hybridized carbons (Fsp3) is 0.714. The number of hydrogen-bond donors (Lipinski definition) is 3. The Hall–Kier alpha value is -1.10. The van der Waals surface area contributed by atoms with Gasteiger partial charge in [0.2, 0.25) is 0 Å². The minimum Gasteiger partial charge on any atom is -0.274 e. The molecule has 0 atom stereocenters. The number of urea groups is 1. The van der Waals surface area contributed by atoms with E-state index in [2.05, 4.69) is 10.5 Å². The maximum absolute atomic E-state index is 10.6. The predicted molar refractivity (Wildman–Crippen MR) is 48.4 cm³/mol. The molecular formula is C7H16N4O. The fourth-order valence-corrected chi connectivity index (χ4v) is 0.335. The van der Waals surface area contributed by atoms with Crippen molar-refractivity contribution in [2.75, 3.05) is 0 Å². The van der Waals surface area contributed by atoms with E-state index in [1.807, 2.05) is 33.1 Å². The van der Waals surface area contributed by atoms with Gasteiger partial charge in [0.05, 0.1) is 0 Å². The van der Waals surface area contributed by atoms with Crippen LogP contribution < -0.4 is 16.7 Å². The molecule has 70 valence electrons. The molecule has 4 N–H and O–H groups in total. The quantitative estimate of drug-likeness (QED) is 0.234. The number of amides is 2. The van der Waals surface area contributed by atoms with Crippen LogP contribution in [0.4, 0.5) is 4.79 Å². The van der Waals surface area contributed by atoms with Crippen molar-refractivity contribution in [3.05, 3.63) is 0 Å². The Labute approximate surface area is 72.4 Å². The number of hydrazone groups is 1. The number of hydrazine groups is 1. The monoisotopic (exact) mass is 172 g/mol. The molecule has 0 unspecified atom stereocenters. The summed E-state index contributed by atoms with van der Waals surface area (Å²) in [6.45, 7) is 7.87. The van der Waals surface area contributed by atoms with Gasteiger partial charge in [0.1, 0.15) is 0 Å². The van der Waals surface area contributed by atoms with Crippen LogP contribution in [0.1, 0.15) is 27.7 Å². The molecule has 0 rings (SSSR count). The van der Waals surface area contributed by atoms with Crippen molar-refractivity contribution < 1.29 is 4.79 Å². The van der Waals surface area contributed by atoms with Gasteiger partial charge in [-0.2, -0.15) is 5.10 Å². The summed E-state index contributed by atoms with van der Waals surface area (Å²) >= 11 is 0. The van der Waals surface area contributed by atoms with Crippen LogP contribution in [0.2, 0.25) is 0 Å². The molecule has 0 aromatic heterocycles. The summed E-state index contributed by atoms with van der Waals surface area (Å²) in [6.07, 6.45) is 0. The molecule has 2 amide bonds. The van der Waals surface area contributed by atoms with Crippen molar-refractivity contribution in [2.24, 2.45) is 16.4 Å². The summed E-state index contributed by atoms with van der Waals surface area (Å²) in [5.41, 5.74) is 4.97. The molecule has 0 aromatic rings. The van der Waals surface area contributed by atoms with E-state index in [1.54, 1.807) is 0 Å². The molecule has 0 aliphatic heterocycles. The zero-order valence-corrected chi connectivity index (χ0v) is 7.93. The summed E-state index contributed by atoms with van der Waals surface area (Å²) < 4.78 is 0. The van der Waals surface area contributed by atoms with Crippen molar-refractivity contribution in [3.63, 3.8) is 0 Å². The number of carbonyl (C=O) groups excluding carboxylic acids is 1. The number of nitrogens with two attached hydrogens (primary N) is 1. The van der Waals surface area contributed by atoms with E-state index in [0.717, 1.165) is 5.71 Å². The number of hydrogen-bond acceptors (Lipinski definition) is 3. The predicted octanol–water partition coefficient (Wildman–Crippen LogP) is 0.581. The Morgan fingerprint density at radius 2 is 1.92 bits per heavy atom. The van der Waals surface area contributed by atoms with Gasteiger partial charge in [-0.3, -0.25) is 5.43 Å². The van der Waals surface area contributed by atoms with E-state index >= 15 is 0 Å². The maximum Gasteiger partial charge on any atom is 0.349 e. The summed E-state index contributed by atoms with van der Waals surface area (Å²) in [6, 6.07) is -0.515. The SMILES string of the molecule is C/C(=N\NC(=O)NN)C(C)(C)C. The van der Waals surface area contributed by atoms with Crippen molar-refractivity contribution in [1.82, 2.24) is 10.9 Å². The third-order valence-corrected chi connectivity index (χ3v) is 1.54. The molecule has 0 spiro atoms. The lowest BCUT2D eigenvalue weighted by molar-refractivity contribution is 0.241. The van der Waals surface area contributed by atoms with Gasteiger partial charge in [0, 0.05) is 11.1 Å². The van der Waals surface area contributed by atoms with Crippen LogP contribution in [-0.2, 0) is 0 Å². The lowest BCUT2D eigenvalue weighted by atomic mass is 9.91. The van der Waals surface area contributed by atoms with Crippen molar-refractivity contribution in [3.8, 4) is 0 Å². The maximum atomic E-state index is 10.6. The van der Waals surface area contributed by atoms with E-state index in [0.29, 0.717) is 0 Å². The second-order valence-corrected chi connectivity index (χ2v) is 3.53. The molecule has 0 saturated heterocycles. The highest BCUT2D eigenvalue weighted by Crippen LogP contribution is 2.14. The molecule has 5 heteroatoms. The minimum atomic E-state index is -0.515. The standard InChI is InChI=1S/C7H16N4O/c1-5(7(2,3)4)10-11-6(12)9-8/h8H2,1-4H3,(H2,9,11,12)/b10-5+. The van der Waals surface area contributed by atoms with E-state index in [1.165, 1.54) is 0 Å². The normalized spacial score (nSPS) is 12.6. The molecule has 0 aliphatic rings. The summed E-state index contributed by atoms with van der Waals surface area (Å²) in [5.74, 6) is 4.84. The molecule has 0 radical (unpaired) electrons. The number of nitrogens with zero attached hydrogens (tertiary/aromatic N) is 1. The molecule has 5 nitrogen and oxygen atoms in total. The Balaban J connectivity index is 4.11. The van der Waals surface area contributed by atoms with Crippen LogP contribution in [-0.4, -0.2) is 11.7 Å². The lowest BCUT2D eigenvalue weighted by Crippen LogP contribution is -2.38. The second kappa shape index (κ2) is 4.06. The summed E-state index contributed by atoms with van der Waals surface area (Å²) in [4.78, 5) is 10.6. The number of carbonyl (C=O) groups is 1. The molecule has 0 fully saturated rings. The number of rotatable bonds is 1. The van der Waals surface area contributed by atoms with Gasteiger partial charge in [0.25, 0.3) is 0 Å². The second-order valence-electron chi connectivity index (χ2n) is 3.53. The van der Waals surface area contributed by atoms with Crippen LogP contribution in [0.15, 0.2) is 5.10 Å². The molecule has 0 heterocycles. The average molecular weight is 172 g/mol. The molecule has 0 saturated carbocycles. The van der Waals surface area contributed by atoms with E-state index < -0.39 is 6.03 Å². The highest BCUT2D eigenvalue weighted by atomic mass is 16.2. The van der Waals surface area contributed by atoms with Crippen molar-refractivity contribution in [2.45, 2.75) is 27.7 Å². The van der Waals surface area contributed by atoms with Crippen molar-refractivity contribution in [1.29, 1.82) is 0 Å². The van der Waals surface area contributed by atoms with Gasteiger partial charge in [-0.25, -0.2) is 16.1 Å². The number of nitrogens with one attached hydrogen (secondary N) is 2. The molecular weight excluding hydrogens is 156 g/mol. The van der Waals surface area contributed by atoms with Gasteiger partial charge in [-0.15, -0.1) is 0 Å². The Morgan fingerprint density at radius 1 is 1.42 bits per heavy atom. The molecule has 0 bridgehead atoms. The van der Waals surface area contributed by atoms with Gasteiger partial charge in [0.15, 0.2) is 0 Å². The summed E-state index contributed by atoms with van der Waals surface area (Å²) in [7, 11) is 0. The Morgan fingerprint density at radius 3 is 2.25 bits per heavy atom. The van der Waals surface area contributed by atoms with Crippen LogP contribution in [0.25, 0.3) is 0 Å². The van der Waals surface area contributed by atoms with Crippen LogP contribution in [0, 0.1) is 5.41 Å². The zero-order valence-electron chi connectivity index (χ0n) is 7.93. The van der Waals surface area contributed by atoms with Gasteiger partial charge in [-0.05, 0) is 6.92 Å². The van der Waals surface area contributed by atoms with E-state index in [9.17, 15) is 4.79 Å². The van der Waals surface area contributed by atoms with E-state index in [4.69, 9.17) is 5.84 Å². The van der Waals surface area contributed by atoms with Gasteiger partial charge < -0.3 is 0 Å². The van der Waals surface area contributed by atoms with Crippen molar-refractivity contribution >= 4 is 11.7 Å². The summed E-state index contributed by atoms with van der Waals surface area (Å²) in [5, 5.41) is 3.84. The zero-order chi connectivity index (χ0) is 9.78. The Kier molecular flexibility index (Phi) is 3.69. The van der Waals surface area contributed by atoms with Gasteiger partial charge >= 0.3 is 6.03 Å². The van der Waals surface area contributed by atoms with E-state index in [-0.39, 0.29) is 5.41 Å². The van der Waals surface area contributed by atoms with Crippen LogP contribution in [0.3, 0.4) is 0 Å². The Bertz CT molecular complexity index is 192. The average Bonchev–Trinajstić information content (AvgIpc) is 1.97. The third-order valence-electron chi connectivity index (χ3n) is 1.54.